The second-order valence-corrected chi connectivity index (χ2v) is 7.57. The van der Waals surface area contributed by atoms with Crippen LogP contribution in [0.25, 0.3) is 20.5 Å². The summed E-state index contributed by atoms with van der Waals surface area (Å²) in [4.78, 5) is 15.2. The topological polar surface area (TPSA) is 49.8 Å². The second-order valence-electron chi connectivity index (χ2n) is 6.52. The molecular formula is C23H18FNO3S. The van der Waals surface area contributed by atoms with Gasteiger partial charge in [-0.05, 0) is 60.2 Å². The maximum Gasteiger partial charge on any atom is 0.228 e. The lowest BCUT2D eigenvalue weighted by atomic mass is 10.1. The third-order valence-corrected chi connectivity index (χ3v) is 5.81. The molecule has 0 radical (unpaired) electrons. The monoisotopic (exact) mass is 407 g/mol. The number of halogens is 1. The Morgan fingerprint density at radius 2 is 1.72 bits per heavy atom. The summed E-state index contributed by atoms with van der Waals surface area (Å²) in [5.74, 6) is 0.348. The Labute approximate surface area is 171 Å². The Bertz CT molecular complexity index is 1180. The lowest BCUT2D eigenvalue weighted by Crippen LogP contribution is -2.22. The molecule has 0 aliphatic carbocycles. The molecule has 0 spiro atoms. The van der Waals surface area contributed by atoms with Crippen LogP contribution in [0.1, 0.15) is 6.92 Å². The largest absolute Gasteiger partial charge is 0.508 e. The molecule has 3 aromatic carbocycles. The molecule has 146 valence electrons. The molecule has 1 amide bonds. The Morgan fingerprint density at radius 3 is 2.34 bits per heavy atom. The van der Waals surface area contributed by atoms with Gasteiger partial charge in [0, 0.05) is 22.7 Å². The standard InChI is InChI=1S/C23H18FNO3S/c1-14(26)25(17-7-9-18(27)10-8-17)22-20-12-11-19(28-2)13-21(20)29-23(22)15-3-5-16(24)6-4-15/h3-13,27H,1-2H3. The average Bonchev–Trinajstić information content (AvgIpc) is 3.08. The van der Waals surface area contributed by atoms with Crippen LogP contribution in [-0.2, 0) is 4.79 Å². The first-order valence-corrected chi connectivity index (χ1v) is 9.76. The number of anilines is 2. The van der Waals surface area contributed by atoms with E-state index in [0.717, 1.165) is 32.0 Å². The van der Waals surface area contributed by atoms with Gasteiger partial charge in [0.15, 0.2) is 0 Å². The summed E-state index contributed by atoms with van der Waals surface area (Å²) < 4.78 is 19.8. The van der Waals surface area contributed by atoms with E-state index in [1.165, 1.54) is 30.4 Å². The molecule has 4 nitrogen and oxygen atoms in total. The Balaban J connectivity index is 2.01. The second kappa shape index (κ2) is 7.56. The van der Waals surface area contributed by atoms with E-state index < -0.39 is 0 Å². The van der Waals surface area contributed by atoms with E-state index in [9.17, 15) is 14.3 Å². The number of carbonyl (C=O) groups excluding carboxylic acids is 1. The minimum atomic E-state index is -0.319. The number of phenols is 1. The first-order chi connectivity index (χ1) is 14.0. The van der Waals surface area contributed by atoms with Crippen LogP contribution < -0.4 is 9.64 Å². The SMILES string of the molecule is COc1ccc2c(N(C(C)=O)c3ccc(O)cc3)c(-c3ccc(F)cc3)sc2c1. The summed E-state index contributed by atoms with van der Waals surface area (Å²) in [5, 5.41) is 10.5. The number of ether oxygens (including phenoxy) is 1. The van der Waals surface area contributed by atoms with E-state index in [4.69, 9.17) is 4.74 Å². The van der Waals surface area contributed by atoms with Gasteiger partial charge in [0.2, 0.25) is 5.91 Å². The van der Waals surface area contributed by atoms with Crippen LogP contribution in [0.4, 0.5) is 15.8 Å². The van der Waals surface area contributed by atoms with Gasteiger partial charge in [0.05, 0.1) is 17.7 Å². The average molecular weight is 407 g/mol. The number of benzene rings is 3. The molecule has 0 bridgehead atoms. The molecule has 1 heterocycles. The smallest absolute Gasteiger partial charge is 0.228 e. The summed E-state index contributed by atoms with van der Waals surface area (Å²) in [7, 11) is 1.61. The molecule has 0 fully saturated rings. The number of carbonyl (C=O) groups is 1. The van der Waals surface area contributed by atoms with E-state index in [0.29, 0.717) is 5.69 Å². The molecule has 6 heteroatoms. The van der Waals surface area contributed by atoms with Crippen LogP contribution in [0, 0.1) is 5.82 Å². The number of methoxy groups -OCH3 is 1. The zero-order chi connectivity index (χ0) is 20.5. The quantitative estimate of drug-likeness (QED) is 0.444. The highest BCUT2D eigenvalue weighted by Gasteiger charge is 2.24. The normalized spacial score (nSPS) is 10.9. The fraction of sp³-hybridized carbons (Fsp3) is 0.0870. The summed E-state index contributed by atoms with van der Waals surface area (Å²) in [6, 6.07) is 18.4. The Kier molecular flexibility index (Phi) is 4.94. The number of aromatic hydroxyl groups is 1. The zero-order valence-electron chi connectivity index (χ0n) is 15.8. The lowest BCUT2D eigenvalue weighted by molar-refractivity contribution is -0.115. The van der Waals surface area contributed by atoms with Crippen LogP contribution in [-0.4, -0.2) is 18.1 Å². The van der Waals surface area contributed by atoms with Gasteiger partial charge >= 0.3 is 0 Å². The number of amides is 1. The summed E-state index contributed by atoms with van der Waals surface area (Å²) in [6.45, 7) is 1.49. The summed E-state index contributed by atoms with van der Waals surface area (Å²) in [5.41, 5.74) is 2.17. The number of fused-ring (bicyclic) bond motifs is 1. The number of thiophene rings is 1. The van der Waals surface area contributed by atoms with Crippen molar-refractivity contribution in [3.05, 3.63) is 72.5 Å². The summed E-state index contributed by atoms with van der Waals surface area (Å²) in [6.07, 6.45) is 0. The van der Waals surface area contributed by atoms with Crippen molar-refractivity contribution in [2.24, 2.45) is 0 Å². The fourth-order valence-corrected chi connectivity index (χ4v) is 4.50. The molecule has 0 atom stereocenters. The van der Waals surface area contributed by atoms with Gasteiger partial charge in [-0.15, -0.1) is 11.3 Å². The van der Waals surface area contributed by atoms with Gasteiger partial charge in [0.25, 0.3) is 0 Å². The highest BCUT2D eigenvalue weighted by Crippen LogP contribution is 2.48. The maximum atomic E-state index is 13.5. The van der Waals surface area contributed by atoms with Crippen molar-refractivity contribution in [2.75, 3.05) is 12.0 Å². The van der Waals surface area contributed by atoms with Crippen LogP contribution in [0.5, 0.6) is 11.5 Å². The van der Waals surface area contributed by atoms with E-state index in [1.54, 1.807) is 48.4 Å². The van der Waals surface area contributed by atoms with E-state index in [-0.39, 0.29) is 17.5 Å². The first-order valence-electron chi connectivity index (χ1n) is 8.94. The molecule has 1 N–H and O–H groups in total. The predicted molar refractivity (Wildman–Crippen MR) is 115 cm³/mol. The molecule has 1 aromatic heterocycles. The van der Waals surface area contributed by atoms with E-state index in [1.807, 2.05) is 18.2 Å². The van der Waals surface area contributed by atoms with Crippen LogP contribution in [0.3, 0.4) is 0 Å². The van der Waals surface area contributed by atoms with Crippen molar-refractivity contribution in [2.45, 2.75) is 6.92 Å². The zero-order valence-corrected chi connectivity index (χ0v) is 16.7. The van der Waals surface area contributed by atoms with Crippen molar-refractivity contribution in [3.8, 4) is 21.9 Å². The first kappa shape index (κ1) is 19.0. The third-order valence-electron chi connectivity index (χ3n) is 4.62. The van der Waals surface area contributed by atoms with Gasteiger partial charge in [-0.2, -0.15) is 0 Å². The maximum absolute atomic E-state index is 13.5. The highest BCUT2D eigenvalue weighted by molar-refractivity contribution is 7.23. The van der Waals surface area contributed by atoms with Gasteiger partial charge < -0.3 is 9.84 Å². The lowest BCUT2D eigenvalue weighted by Gasteiger charge is -2.23. The van der Waals surface area contributed by atoms with Crippen molar-refractivity contribution < 1.29 is 19.0 Å². The fourth-order valence-electron chi connectivity index (χ4n) is 3.28. The molecule has 0 aliphatic heterocycles. The highest BCUT2D eigenvalue weighted by atomic mass is 32.1. The number of nitrogens with zero attached hydrogens (tertiary/aromatic N) is 1. The van der Waals surface area contributed by atoms with E-state index in [2.05, 4.69) is 0 Å². The van der Waals surface area contributed by atoms with Crippen LogP contribution in [0.15, 0.2) is 66.7 Å². The van der Waals surface area contributed by atoms with Crippen LogP contribution >= 0.6 is 11.3 Å². The van der Waals surface area contributed by atoms with Crippen molar-refractivity contribution in [1.82, 2.24) is 0 Å². The number of hydrogen-bond donors (Lipinski definition) is 1. The summed E-state index contributed by atoms with van der Waals surface area (Å²) >= 11 is 1.51. The number of hydrogen-bond acceptors (Lipinski definition) is 4. The molecule has 4 aromatic rings. The van der Waals surface area contributed by atoms with Crippen molar-refractivity contribution in [3.63, 3.8) is 0 Å². The minimum Gasteiger partial charge on any atom is -0.508 e. The Morgan fingerprint density at radius 1 is 1.03 bits per heavy atom. The molecular weight excluding hydrogens is 389 g/mol. The van der Waals surface area contributed by atoms with Gasteiger partial charge in [-0.25, -0.2) is 4.39 Å². The van der Waals surface area contributed by atoms with Crippen molar-refractivity contribution in [1.29, 1.82) is 0 Å². The van der Waals surface area contributed by atoms with Gasteiger partial charge in [-0.3, -0.25) is 9.69 Å². The van der Waals surface area contributed by atoms with Gasteiger partial charge in [-0.1, -0.05) is 12.1 Å². The Hall–Kier alpha value is -3.38. The van der Waals surface area contributed by atoms with E-state index >= 15 is 0 Å². The number of phenolic OH excluding ortho intramolecular Hbond substituents is 1. The molecule has 0 saturated carbocycles. The number of rotatable bonds is 4. The molecule has 29 heavy (non-hydrogen) atoms. The molecule has 4 rings (SSSR count). The minimum absolute atomic E-state index is 0.121. The molecule has 0 aliphatic rings. The predicted octanol–water partition coefficient (Wildman–Crippen LogP) is 6.11. The molecule has 0 saturated heterocycles. The molecule has 0 unspecified atom stereocenters. The van der Waals surface area contributed by atoms with Crippen molar-refractivity contribution >= 4 is 38.7 Å². The third kappa shape index (κ3) is 3.54. The van der Waals surface area contributed by atoms with Crippen LogP contribution in [0.2, 0.25) is 0 Å². The van der Waals surface area contributed by atoms with Gasteiger partial charge in [0.1, 0.15) is 17.3 Å².